The maximum absolute atomic E-state index is 11.1. The van der Waals surface area contributed by atoms with Crippen molar-refractivity contribution in [2.24, 2.45) is 0 Å². The van der Waals surface area contributed by atoms with Crippen molar-refractivity contribution < 1.29 is 14.4 Å². The standard InChI is InChI=1S/C13H10N2O3/c1-7-11(8-4-2-3-5-10(8)15-7)12-9(13(16)17)6-14-18-12/h2-6,15H,1H3,(H,16,17). The number of carbonyl (C=O) groups is 1. The summed E-state index contributed by atoms with van der Waals surface area (Å²) in [6, 6.07) is 7.67. The van der Waals surface area contributed by atoms with Gasteiger partial charge in [0.05, 0.1) is 6.20 Å². The first kappa shape index (κ1) is 10.6. The third-order valence-corrected chi connectivity index (χ3v) is 2.92. The molecule has 0 atom stereocenters. The summed E-state index contributed by atoms with van der Waals surface area (Å²) in [6.45, 7) is 1.88. The number of para-hydroxylation sites is 1. The van der Waals surface area contributed by atoms with Crippen LogP contribution in [0.15, 0.2) is 35.0 Å². The number of carboxylic acids is 1. The van der Waals surface area contributed by atoms with Crippen molar-refractivity contribution in [1.82, 2.24) is 10.1 Å². The van der Waals surface area contributed by atoms with E-state index in [-0.39, 0.29) is 11.3 Å². The van der Waals surface area contributed by atoms with E-state index in [4.69, 9.17) is 9.63 Å². The van der Waals surface area contributed by atoms with E-state index in [1.54, 1.807) is 0 Å². The van der Waals surface area contributed by atoms with Crippen molar-refractivity contribution >= 4 is 16.9 Å². The molecule has 5 nitrogen and oxygen atoms in total. The summed E-state index contributed by atoms with van der Waals surface area (Å²) in [5.74, 6) is -0.756. The molecule has 3 rings (SSSR count). The van der Waals surface area contributed by atoms with Crippen LogP contribution in [0.2, 0.25) is 0 Å². The Morgan fingerprint density at radius 1 is 1.39 bits per heavy atom. The Morgan fingerprint density at radius 3 is 2.94 bits per heavy atom. The van der Waals surface area contributed by atoms with Gasteiger partial charge in [0.2, 0.25) is 0 Å². The number of hydrogen-bond acceptors (Lipinski definition) is 3. The molecule has 0 bridgehead atoms. The number of aromatic amines is 1. The SMILES string of the molecule is Cc1[nH]c2ccccc2c1-c1oncc1C(=O)O. The Labute approximate surface area is 102 Å². The average molecular weight is 242 g/mol. The molecule has 3 aromatic rings. The molecule has 0 aliphatic rings. The van der Waals surface area contributed by atoms with E-state index < -0.39 is 5.97 Å². The molecule has 0 aliphatic carbocycles. The van der Waals surface area contributed by atoms with Crippen molar-refractivity contribution in [3.05, 3.63) is 41.7 Å². The normalized spacial score (nSPS) is 10.9. The van der Waals surface area contributed by atoms with Crippen molar-refractivity contribution in [1.29, 1.82) is 0 Å². The summed E-state index contributed by atoms with van der Waals surface area (Å²) >= 11 is 0. The van der Waals surface area contributed by atoms with Gasteiger partial charge in [-0.25, -0.2) is 4.79 Å². The van der Waals surface area contributed by atoms with Gasteiger partial charge in [0.25, 0.3) is 0 Å². The zero-order valence-electron chi connectivity index (χ0n) is 9.60. The second-order valence-electron chi connectivity index (χ2n) is 4.04. The molecule has 5 heteroatoms. The molecule has 2 aromatic heterocycles. The molecule has 0 aliphatic heterocycles. The lowest BCUT2D eigenvalue weighted by molar-refractivity contribution is 0.0697. The molecule has 2 heterocycles. The summed E-state index contributed by atoms with van der Waals surface area (Å²) in [7, 11) is 0. The van der Waals surface area contributed by atoms with Crippen LogP contribution < -0.4 is 0 Å². The number of aromatic nitrogens is 2. The molecule has 1 aromatic carbocycles. The predicted molar refractivity (Wildman–Crippen MR) is 65.5 cm³/mol. The molecule has 0 saturated carbocycles. The molecule has 0 saturated heterocycles. The molecule has 90 valence electrons. The zero-order chi connectivity index (χ0) is 12.7. The first-order valence-corrected chi connectivity index (χ1v) is 5.44. The highest BCUT2D eigenvalue weighted by atomic mass is 16.5. The second kappa shape index (κ2) is 3.73. The van der Waals surface area contributed by atoms with E-state index in [0.717, 1.165) is 22.2 Å². The number of hydrogen-bond donors (Lipinski definition) is 2. The maximum Gasteiger partial charge on any atom is 0.341 e. The second-order valence-corrected chi connectivity index (χ2v) is 4.04. The van der Waals surface area contributed by atoms with Gasteiger partial charge in [-0.05, 0) is 13.0 Å². The lowest BCUT2D eigenvalue weighted by atomic mass is 10.1. The van der Waals surface area contributed by atoms with Crippen molar-refractivity contribution in [3.63, 3.8) is 0 Å². The molecular weight excluding hydrogens is 232 g/mol. The number of nitrogens with one attached hydrogen (secondary N) is 1. The highest BCUT2D eigenvalue weighted by molar-refractivity contribution is 6.02. The molecule has 0 fully saturated rings. The summed E-state index contributed by atoms with van der Waals surface area (Å²) < 4.78 is 5.11. The molecule has 0 amide bonds. The maximum atomic E-state index is 11.1. The topological polar surface area (TPSA) is 79.1 Å². The van der Waals surface area contributed by atoms with Crippen LogP contribution in [-0.4, -0.2) is 21.2 Å². The molecule has 18 heavy (non-hydrogen) atoms. The third-order valence-electron chi connectivity index (χ3n) is 2.92. The minimum atomic E-state index is -1.05. The minimum Gasteiger partial charge on any atom is -0.477 e. The number of H-pyrrole nitrogens is 1. The lowest BCUT2D eigenvalue weighted by Gasteiger charge is -1.97. The Kier molecular flexibility index (Phi) is 2.19. The van der Waals surface area contributed by atoms with E-state index in [1.807, 2.05) is 31.2 Å². The molecule has 0 spiro atoms. The van der Waals surface area contributed by atoms with Crippen LogP contribution in [0.25, 0.3) is 22.2 Å². The van der Waals surface area contributed by atoms with E-state index in [1.165, 1.54) is 6.20 Å². The van der Waals surface area contributed by atoms with Crippen LogP contribution in [0.5, 0.6) is 0 Å². The van der Waals surface area contributed by atoms with Gasteiger partial charge >= 0.3 is 5.97 Å². The average Bonchev–Trinajstić information content (AvgIpc) is 2.91. The van der Waals surface area contributed by atoms with Gasteiger partial charge in [-0.2, -0.15) is 0 Å². The van der Waals surface area contributed by atoms with E-state index in [2.05, 4.69) is 10.1 Å². The summed E-state index contributed by atoms with van der Waals surface area (Å²) in [5.41, 5.74) is 2.62. The molecular formula is C13H10N2O3. The fraction of sp³-hybridized carbons (Fsp3) is 0.0769. The van der Waals surface area contributed by atoms with E-state index in [9.17, 15) is 4.79 Å². The number of fused-ring (bicyclic) bond motifs is 1. The third kappa shape index (κ3) is 1.41. The van der Waals surface area contributed by atoms with E-state index >= 15 is 0 Å². The molecule has 0 unspecified atom stereocenters. The van der Waals surface area contributed by atoms with Crippen LogP contribution >= 0.6 is 0 Å². The highest BCUT2D eigenvalue weighted by Crippen LogP contribution is 2.33. The number of aromatic carboxylic acids is 1. The van der Waals surface area contributed by atoms with Crippen LogP contribution in [0, 0.1) is 6.92 Å². The largest absolute Gasteiger partial charge is 0.477 e. The van der Waals surface area contributed by atoms with Gasteiger partial charge in [0, 0.05) is 22.2 Å². The van der Waals surface area contributed by atoms with Gasteiger partial charge in [0.15, 0.2) is 5.76 Å². The van der Waals surface area contributed by atoms with Crippen molar-refractivity contribution in [2.45, 2.75) is 6.92 Å². The van der Waals surface area contributed by atoms with Gasteiger partial charge in [-0.1, -0.05) is 23.4 Å². The Hall–Kier alpha value is -2.56. The summed E-state index contributed by atoms with van der Waals surface area (Å²) in [5, 5.41) is 13.6. The van der Waals surface area contributed by atoms with Crippen molar-refractivity contribution in [3.8, 4) is 11.3 Å². The van der Waals surface area contributed by atoms with Gasteiger partial charge in [-0.15, -0.1) is 0 Å². The van der Waals surface area contributed by atoms with Crippen LogP contribution in [-0.2, 0) is 0 Å². The van der Waals surface area contributed by atoms with Gasteiger partial charge in [0.1, 0.15) is 5.56 Å². The zero-order valence-corrected chi connectivity index (χ0v) is 9.60. The quantitative estimate of drug-likeness (QED) is 0.724. The number of carboxylic acid groups (broad SMARTS) is 1. The number of benzene rings is 1. The Bertz CT molecular complexity index is 740. The number of nitrogens with zero attached hydrogens (tertiary/aromatic N) is 1. The molecule has 0 radical (unpaired) electrons. The van der Waals surface area contributed by atoms with Crippen molar-refractivity contribution in [2.75, 3.05) is 0 Å². The smallest absolute Gasteiger partial charge is 0.341 e. The number of rotatable bonds is 2. The highest BCUT2D eigenvalue weighted by Gasteiger charge is 2.21. The summed E-state index contributed by atoms with van der Waals surface area (Å²) in [6.07, 6.45) is 1.22. The van der Waals surface area contributed by atoms with Gasteiger partial charge in [-0.3, -0.25) is 0 Å². The van der Waals surface area contributed by atoms with Crippen LogP contribution in [0.1, 0.15) is 16.1 Å². The predicted octanol–water partition coefficient (Wildman–Crippen LogP) is 2.83. The van der Waals surface area contributed by atoms with Crippen LogP contribution in [0.3, 0.4) is 0 Å². The Morgan fingerprint density at radius 2 is 2.17 bits per heavy atom. The number of aryl methyl sites for hydroxylation is 1. The Balaban J connectivity index is 2.34. The minimum absolute atomic E-state index is 0.0721. The lowest BCUT2D eigenvalue weighted by Crippen LogP contribution is -1.96. The fourth-order valence-electron chi connectivity index (χ4n) is 2.14. The molecule has 2 N–H and O–H groups in total. The fourth-order valence-corrected chi connectivity index (χ4v) is 2.14. The summed E-state index contributed by atoms with van der Waals surface area (Å²) in [4.78, 5) is 14.3. The first-order chi connectivity index (χ1) is 8.68. The first-order valence-electron chi connectivity index (χ1n) is 5.44. The van der Waals surface area contributed by atoms with Crippen LogP contribution in [0.4, 0.5) is 0 Å². The van der Waals surface area contributed by atoms with E-state index in [0.29, 0.717) is 0 Å². The monoisotopic (exact) mass is 242 g/mol. The van der Waals surface area contributed by atoms with Gasteiger partial charge < -0.3 is 14.6 Å².